The van der Waals surface area contributed by atoms with Crippen LogP contribution >= 0.6 is 11.8 Å². The second-order valence-corrected chi connectivity index (χ2v) is 10.2. The Morgan fingerprint density at radius 1 is 0.976 bits per heavy atom. The van der Waals surface area contributed by atoms with Crippen molar-refractivity contribution in [2.24, 2.45) is 5.10 Å². The van der Waals surface area contributed by atoms with Crippen LogP contribution in [-0.2, 0) is 6.61 Å². The van der Waals surface area contributed by atoms with Crippen molar-refractivity contribution in [2.75, 3.05) is 7.11 Å². The summed E-state index contributed by atoms with van der Waals surface area (Å²) in [7, 11) is 1.40. The Morgan fingerprint density at radius 2 is 1.64 bits per heavy atom. The van der Waals surface area contributed by atoms with Gasteiger partial charge < -0.3 is 14.6 Å². The Bertz CT molecular complexity index is 1670. The van der Waals surface area contributed by atoms with Crippen LogP contribution in [0.2, 0.25) is 0 Å². The first-order valence-corrected chi connectivity index (χ1v) is 13.3. The molecule has 1 unspecified atom stereocenters. The van der Waals surface area contributed by atoms with Crippen LogP contribution in [0.5, 0.6) is 11.5 Å². The van der Waals surface area contributed by atoms with Crippen molar-refractivity contribution in [3.05, 3.63) is 137 Å². The second-order valence-electron chi connectivity index (χ2n) is 9.09. The third kappa shape index (κ3) is 5.82. The molecule has 6 nitrogen and oxygen atoms in total. The lowest BCUT2D eigenvalue weighted by molar-refractivity contribution is 0.0737. The number of amides is 1. The number of nitrogens with zero attached hydrogens (tertiary/aromatic N) is 2. The number of hydrazone groups is 1. The zero-order valence-electron chi connectivity index (χ0n) is 22.0. The summed E-state index contributed by atoms with van der Waals surface area (Å²) in [6, 6.07) is 18.0. The summed E-state index contributed by atoms with van der Waals surface area (Å²) in [4.78, 5) is 13.5. The van der Waals surface area contributed by atoms with E-state index in [1.807, 2.05) is 0 Å². The number of rotatable bonds is 8. The smallest absolute Gasteiger partial charge is 0.281 e. The van der Waals surface area contributed by atoms with E-state index in [4.69, 9.17) is 9.47 Å². The first-order chi connectivity index (χ1) is 20.2. The highest BCUT2D eigenvalue weighted by molar-refractivity contribution is 8.14. The van der Waals surface area contributed by atoms with Crippen LogP contribution in [-0.4, -0.2) is 28.2 Å². The van der Waals surface area contributed by atoms with Crippen LogP contribution in [0.4, 0.5) is 17.6 Å². The predicted molar refractivity (Wildman–Crippen MR) is 151 cm³/mol. The van der Waals surface area contributed by atoms with Gasteiger partial charge in [-0.05, 0) is 35.9 Å². The highest BCUT2D eigenvalue weighted by Gasteiger charge is 2.39. The summed E-state index contributed by atoms with van der Waals surface area (Å²) in [5, 5.41) is 14.0. The summed E-state index contributed by atoms with van der Waals surface area (Å²) in [6.45, 7) is 3.62. The molecule has 0 saturated heterocycles. The lowest BCUT2D eigenvalue weighted by atomic mass is 10.1. The van der Waals surface area contributed by atoms with E-state index >= 15 is 0 Å². The molecule has 0 bridgehead atoms. The molecule has 1 N–H and O–H groups in total. The highest BCUT2D eigenvalue weighted by atomic mass is 32.2. The maximum atomic E-state index is 14.7. The number of thioether (sulfide) groups is 1. The van der Waals surface area contributed by atoms with E-state index in [9.17, 15) is 27.5 Å². The molecule has 11 heteroatoms. The van der Waals surface area contributed by atoms with Crippen molar-refractivity contribution in [1.82, 2.24) is 5.01 Å². The number of hydrogen-bond donors (Lipinski definition) is 1. The summed E-state index contributed by atoms with van der Waals surface area (Å²) in [6.07, 6.45) is 0. The quantitative estimate of drug-likeness (QED) is 0.168. The minimum atomic E-state index is -1.38. The summed E-state index contributed by atoms with van der Waals surface area (Å²) < 4.78 is 68.2. The standard InChI is InChI=1S/C31H22F4N2O4S/c1-17(38)19-8-6-18(7-9-19)16-41-26-5-3-4-23(28(26)40-2)31-37(30(39)27-24(34)14-22(33)15-25(27)35)36-29(42-31)20-10-12-21(32)13-11-20/h3-15,31,38H,1,16H2,2H3. The Kier molecular flexibility index (Phi) is 8.21. The second kappa shape index (κ2) is 12.0. The zero-order valence-corrected chi connectivity index (χ0v) is 22.8. The molecule has 42 heavy (non-hydrogen) atoms. The van der Waals surface area contributed by atoms with Crippen LogP contribution < -0.4 is 9.47 Å². The molecule has 0 aromatic heterocycles. The average molecular weight is 595 g/mol. The molecule has 0 saturated carbocycles. The molecular formula is C31H22F4N2O4S. The van der Waals surface area contributed by atoms with Crippen LogP contribution in [0.15, 0.2) is 90.5 Å². The Hall–Kier alpha value is -4.77. The topological polar surface area (TPSA) is 71.4 Å². The Balaban J connectivity index is 1.51. The molecular weight excluding hydrogens is 572 g/mol. The van der Waals surface area contributed by atoms with E-state index in [0.29, 0.717) is 34.6 Å². The fourth-order valence-electron chi connectivity index (χ4n) is 4.27. The molecule has 1 atom stereocenters. The van der Waals surface area contributed by atoms with Crippen molar-refractivity contribution in [2.45, 2.75) is 12.0 Å². The van der Waals surface area contributed by atoms with E-state index < -0.39 is 40.1 Å². The molecule has 1 heterocycles. The fraction of sp³-hybridized carbons (Fsp3) is 0.0968. The monoisotopic (exact) mass is 594 g/mol. The number of halogens is 4. The molecule has 214 valence electrons. The number of benzene rings is 4. The number of hydrogen-bond acceptors (Lipinski definition) is 6. The van der Waals surface area contributed by atoms with Gasteiger partial charge in [-0.2, -0.15) is 5.10 Å². The molecule has 4 aromatic carbocycles. The van der Waals surface area contributed by atoms with Gasteiger partial charge in [0.05, 0.1) is 7.11 Å². The van der Waals surface area contributed by atoms with Gasteiger partial charge in [0.1, 0.15) is 51.6 Å². The number of methoxy groups -OCH3 is 1. The Labute approximate surface area is 242 Å². The van der Waals surface area contributed by atoms with Gasteiger partial charge in [-0.25, -0.2) is 22.6 Å². The number of aliphatic hydroxyl groups is 1. The first kappa shape index (κ1) is 28.7. The Morgan fingerprint density at radius 3 is 2.26 bits per heavy atom. The molecule has 1 aliphatic heterocycles. The molecule has 1 aliphatic rings. The third-order valence-electron chi connectivity index (χ3n) is 6.32. The number of carbonyl (C=O) groups excluding carboxylic acids is 1. The lowest BCUT2D eigenvalue weighted by Gasteiger charge is -2.24. The minimum absolute atomic E-state index is 0.0624. The van der Waals surface area contributed by atoms with E-state index in [0.717, 1.165) is 22.3 Å². The maximum Gasteiger partial charge on any atom is 0.281 e. The summed E-state index contributed by atoms with van der Waals surface area (Å²) in [5.74, 6) is -5.09. The van der Waals surface area contributed by atoms with Gasteiger partial charge in [-0.15, -0.1) is 0 Å². The van der Waals surface area contributed by atoms with Gasteiger partial charge >= 0.3 is 0 Å². The van der Waals surface area contributed by atoms with Crippen LogP contribution in [0.1, 0.15) is 38.0 Å². The number of ether oxygens (including phenoxy) is 2. The van der Waals surface area contributed by atoms with Gasteiger partial charge in [0, 0.05) is 28.8 Å². The van der Waals surface area contributed by atoms with Gasteiger partial charge in [-0.3, -0.25) is 4.79 Å². The number of para-hydroxylation sites is 1. The van der Waals surface area contributed by atoms with Gasteiger partial charge in [0.25, 0.3) is 5.91 Å². The van der Waals surface area contributed by atoms with Crippen molar-refractivity contribution < 1.29 is 36.9 Å². The third-order valence-corrected chi connectivity index (χ3v) is 7.54. The SMILES string of the molecule is C=C(O)c1ccc(COc2cccc(C3SC(c4ccc(F)cc4)=NN3C(=O)c3c(F)cc(F)cc3F)c2OC)cc1. The van der Waals surface area contributed by atoms with Crippen molar-refractivity contribution >= 4 is 28.5 Å². The largest absolute Gasteiger partial charge is 0.508 e. The summed E-state index contributed by atoms with van der Waals surface area (Å²) >= 11 is 1.07. The van der Waals surface area contributed by atoms with Gasteiger partial charge in [0.15, 0.2) is 11.5 Å². The molecule has 4 aromatic rings. The van der Waals surface area contributed by atoms with Crippen LogP contribution in [0.3, 0.4) is 0 Å². The predicted octanol–water partition coefficient (Wildman–Crippen LogP) is 7.61. The molecule has 0 spiro atoms. The van der Waals surface area contributed by atoms with E-state index in [1.165, 1.54) is 31.4 Å². The van der Waals surface area contributed by atoms with Crippen LogP contribution in [0.25, 0.3) is 5.76 Å². The van der Waals surface area contributed by atoms with Crippen LogP contribution in [0, 0.1) is 23.3 Å². The number of carbonyl (C=O) groups is 1. The molecule has 5 rings (SSSR count). The van der Waals surface area contributed by atoms with Gasteiger partial charge in [0.2, 0.25) is 0 Å². The number of aliphatic hydroxyl groups excluding tert-OH is 1. The van der Waals surface area contributed by atoms with Gasteiger partial charge in [-0.1, -0.05) is 54.7 Å². The fourth-order valence-corrected chi connectivity index (χ4v) is 5.44. The highest BCUT2D eigenvalue weighted by Crippen LogP contribution is 2.48. The van der Waals surface area contributed by atoms with E-state index in [2.05, 4.69) is 11.7 Å². The van der Waals surface area contributed by atoms with E-state index in [-0.39, 0.29) is 23.2 Å². The lowest BCUT2D eigenvalue weighted by Crippen LogP contribution is -2.28. The summed E-state index contributed by atoms with van der Waals surface area (Å²) in [5.41, 5.74) is 1.22. The van der Waals surface area contributed by atoms with Crippen molar-refractivity contribution in [3.63, 3.8) is 0 Å². The maximum absolute atomic E-state index is 14.7. The normalized spacial score (nSPS) is 14.5. The molecule has 0 radical (unpaired) electrons. The van der Waals surface area contributed by atoms with E-state index in [1.54, 1.807) is 42.5 Å². The molecule has 1 amide bonds. The van der Waals surface area contributed by atoms with Crippen molar-refractivity contribution in [1.29, 1.82) is 0 Å². The zero-order chi connectivity index (χ0) is 30.0. The minimum Gasteiger partial charge on any atom is -0.508 e. The first-order valence-electron chi connectivity index (χ1n) is 12.4. The van der Waals surface area contributed by atoms with Crippen molar-refractivity contribution in [3.8, 4) is 11.5 Å². The average Bonchev–Trinajstić information content (AvgIpc) is 3.41. The molecule has 0 aliphatic carbocycles. The molecule has 0 fully saturated rings.